The molecule has 19 heavy (non-hydrogen) atoms. The van der Waals surface area contributed by atoms with Gasteiger partial charge in [0.15, 0.2) is 0 Å². The van der Waals surface area contributed by atoms with E-state index < -0.39 is 0 Å². The summed E-state index contributed by atoms with van der Waals surface area (Å²) in [6.45, 7) is 3.93. The highest BCUT2D eigenvalue weighted by Crippen LogP contribution is 2.30. The van der Waals surface area contributed by atoms with Gasteiger partial charge in [0.05, 0.1) is 12.0 Å². The average Bonchev–Trinajstić information content (AvgIpc) is 2.35. The third kappa shape index (κ3) is 4.21. The van der Waals surface area contributed by atoms with Gasteiger partial charge in [-0.3, -0.25) is 10.1 Å². The molecule has 0 spiro atoms. The zero-order valence-corrected chi connectivity index (χ0v) is 11.8. The highest BCUT2D eigenvalue weighted by Gasteiger charge is 2.18. The largest absolute Gasteiger partial charge is 0.496 e. The lowest BCUT2D eigenvalue weighted by Crippen LogP contribution is -2.18. The summed E-state index contributed by atoms with van der Waals surface area (Å²) < 4.78 is 5.32. The molecule has 2 N–H and O–H groups in total. The van der Waals surface area contributed by atoms with Crippen LogP contribution in [-0.4, -0.2) is 18.1 Å². The molecule has 1 rings (SSSR count). The topological polar surface area (TPSA) is 78.4 Å². The highest BCUT2D eigenvalue weighted by molar-refractivity contribution is 5.51. The molecule has 0 aliphatic rings. The zero-order valence-electron chi connectivity index (χ0n) is 11.8. The van der Waals surface area contributed by atoms with Crippen molar-refractivity contribution < 1.29 is 9.66 Å². The fraction of sp³-hybridized carbons (Fsp3) is 0.571. The molecule has 0 aliphatic heterocycles. The summed E-state index contributed by atoms with van der Waals surface area (Å²) in [7, 11) is 1.58. The van der Waals surface area contributed by atoms with Gasteiger partial charge >= 0.3 is 0 Å². The molecule has 5 heteroatoms. The fourth-order valence-electron chi connectivity index (χ4n) is 2.09. The molecule has 0 aliphatic carbocycles. The van der Waals surface area contributed by atoms with Gasteiger partial charge in [0.1, 0.15) is 5.75 Å². The second-order valence-corrected chi connectivity index (χ2v) is 4.83. The lowest BCUT2D eigenvalue weighted by atomic mass is 9.99. The van der Waals surface area contributed by atoms with Crippen LogP contribution in [0.1, 0.15) is 37.8 Å². The van der Waals surface area contributed by atoms with Crippen molar-refractivity contribution in [1.82, 2.24) is 0 Å². The van der Waals surface area contributed by atoms with Gasteiger partial charge in [-0.25, -0.2) is 0 Å². The Bertz CT molecular complexity index is 445. The average molecular weight is 266 g/mol. The van der Waals surface area contributed by atoms with E-state index in [1.165, 1.54) is 0 Å². The second kappa shape index (κ2) is 7.09. The first-order valence-electron chi connectivity index (χ1n) is 6.59. The van der Waals surface area contributed by atoms with Crippen LogP contribution >= 0.6 is 0 Å². The van der Waals surface area contributed by atoms with Crippen molar-refractivity contribution in [2.45, 2.75) is 45.6 Å². The third-order valence-corrected chi connectivity index (χ3v) is 3.02. The molecule has 0 fully saturated rings. The molecular weight excluding hydrogens is 244 g/mol. The van der Waals surface area contributed by atoms with E-state index in [1.54, 1.807) is 19.2 Å². The molecule has 1 aromatic carbocycles. The van der Waals surface area contributed by atoms with Crippen LogP contribution in [0.15, 0.2) is 12.1 Å². The van der Waals surface area contributed by atoms with Gasteiger partial charge in [0.25, 0.3) is 5.69 Å². The number of methoxy groups -OCH3 is 1. The minimum absolute atomic E-state index is 0.0602. The predicted molar refractivity (Wildman–Crippen MR) is 75.6 cm³/mol. The van der Waals surface area contributed by atoms with E-state index in [4.69, 9.17) is 10.5 Å². The number of hydrogen-bond donors (Lipinski definition) is 1. The Balaban J connectivity index is 3.20. The Labute approximate surface area is 113 Å². The lowest BCUT2D eigenvalue weighted by Gasteiger charge is -2.13. The molecule has 0 aromatic heterocycles. The van der Waals surface area contributed by atoms with Crippen molar-refractivity contribution in [3.63, 3.8) is 0 Å². The molecule has 106 valence electrons. The van der Waals surface area contributed by atoms with E-state index in [0.29, 0.717) is 18.6 Å². The van der Waals surface area contributed by atoms with Gasteiger partial charge in [-0.2, -0.15) is 0 Å². The fourth-order valence-corrected chi connectivity index (χ4v) is 2.09. The maximum absolute atomic E-state index is 11.2. The third-order valence-electron chi connectivity index (χ3n) is 3.02. The summed E-state index contributed by atoms with van der Waals surface area (Å²) in [6.07, 6.45) is 3.19. The van der Waals surface area contributed by atoms with E-state index in [1.807, 2.05) is 6.92 Å². The van der Waals surface area contributed by atoms with E-state index >= 15 is 0 Å². The maximum atomic E-state index is 11.2. The van der Waals surface area contributed by atoms with Crippen LogP contribution in [0.5, 0.6) is 5.75 Å². The van der Waals surface area contributed by atoms with Crippen molar-refractivity contribution in [1.29, 1.82) is 0 Å². The van der Waals surface area contributed by atoms with Crippen LogP contribution in [0.25, 0.3) is 0 Å². The number of ether oxygens (including phenoxy) is 1. The predicted octanol–water partition coefficient (Wildman–Crippen LogP) is 2.84. The number of nitrogens with two attached hydrogens (primary N) is 1. The Kier molecular flexibility index (Phi) is 5.76. The summed E-state index contributed by atoms with van der Waals surface area (Å²) in [5.74, 6) is 0.689. The van der Waals surface area contributed by atoms with Crippen LogP contribution in [0.2, 0.25) is 0 Å². The van der Waals surface area contributed by atoms with Crippen molar-refractivity contribution >= 4 is 5.69 Å². The van der Waals surface area contributed by atoms with Crippen LogP contribution < -0.4 is 10.5 Å². The number of nitrogens with zero attached hydrogens (tertiary/aromatic N) is 1. The smallest absolute Gasteiger partial charge is 0.273 e. The summed E-state index contributed by atoms with van der Waals surface area (Å²) in [5.41, 5.74) is 7.47. The molecule has 0 amide bonds. The molecule has 0 saturated carbocycles. The Morgan fingerprint density at radius 1 is 1.42 bits per heavy atom. The molecule has 0 bridgehead atoms. The Morgan fingerprint density at radius 3 is 2.58 bits per heavy atom. The number of nitro benzene ring substituents is 1. The summed E-state index contributed by atoms with van der Waals surface area (Å²) >= 11 is 0. The van der Waals surface area contributed by atoms with Gasteiger partial charge < -0.3 is 10.5 Å². The number of unbranched alkanes of at least 4 members (excludes halogenated alkanes) is 1. The van der Waals surface area contributed by atoms with Gasteiger partial charge in [-0.1, -0.05) is 13.3 Å². The normalized spacial score (nSPS) is 12.2. The highest BCUT2D eigenvalue weighted by atomic mass is 16.6. The maximum Gasteiger partial charge on any atom is 0.273 e. The second-order valence-electron chi connectivity index (χ2n) is 4.83. The summed E-state index contributed by atoms with van der Waals surface area (Å²) in [6, 6.07) is 3.33. The van der Waals surface area contributed by atoms with Gasteiger partial charge in [-0.05, 0) is 32.3 Å². The number of hydrogen-bond acceptors (Lipinski definition) is 4. The van der Waals surface area contributed by atoms with Crippen molar-refractivity contribution in [2.75, 3.05) is 7.11 Å². The minimum Gasteiger partial charge on any atom is -0.496 e. The molecule has 1 atom stereocenters. The first-order chi connectivity index (χ1) is 8.99. The SMILES string of the molecule is CCCCc1cc(OC)c(CC(C)N)cc1[N+](=O)[O-]. The Morgan fingerprint density at radius 2 is 2.11 bits per heavy atom. The van der Waals surface area contributed by atoms with Crippen LogP contribution in [0.3, 0.4) is 0 Å². The van der Waals surface area contributed by atoms with Crippen molar-refractivity contribution in [3.8, 4) is 5.75 Å². The summed E-state index contributed by atoms with van der Waals surface area (Å²) in [5, 5.41) is 11.2. The van der Waals surface area contributed by atoms with E-state index in [-0.39, 0.29) is 16.7 Å². The van der Waals surface area contributed by atoms with Crippen molar-refractivity contribution in [3.05, 3.63) is 33.4 Å². The lowest BCUT2D eigenvalue weighted by molar-refractivity contribution is -0.385. The molecule has 1 aromatic rings. The van der Waals surface area contributed by atoms with Crippen LogP contribution in [0, 0.1) is 10.1 Å². The van der Waals surface area contributed by atoms with Crippen LogP contribution in [0.4, 0.5) is 5.69 Å². The minimum atomic E-state index is -0.324. The molecule has 5 nitrogen and oxygen atoms in total. The zero-order chi connectivity index (χ0) is 14.4. The standard InChI is InChI=1S/C14H22N2O3/c1-4-5-6-11-9-14(19-3)12(7-10(2)15)8-13(11)16(17)18/h8-10H,4-7,15H2,1-3H3. The van der Waals surface area contributed by atoms with Gasteiger partial charge in [0.2, 0.25) is 0 Å². The van der Waals surface area contributed by atoms with Crippen LogP contribution in [-0.2, 0) is 12.8 Å². The number of nitro groups is 1. The van der Waals surface area contributed by atoms with Gasteiger partial charge in [0, 0.05) is 23.2 Å². The number of rotatable bonds is 7. The first-order valence-corrected chi connectivity index (χ1v) is 6.59. The molecule has 0 saturated heterocycles. The Hall–Kier alpha value is -1.62. The molecule has 0 heterocycles. The molecule has 0 radical (unpaired) electrons. The number of benzene rings is 1. The van der Waals surface area contributed by atoms with E-state index in [2.05, 4.69) is 6.92 Å². The quantitative estimate of drug-likeness (QED) is 0.608. The number of aryl methyl sites for hydroxylation is 1. The van der Waals surface area contributed by atoms with E-state index in [9.17, 15) is 10.1 Å². The monoisotopic (exact) mass is 266 g/mol. The first kappa shape index (κ1) is 15.4. The van der Waals surface area contributed by atoms with Crippen molar-refractivity contribution in [2.24, 2.45) is 5.73 Å². The molecular formula is C14H22N2O3. The van der Waals surface area contributed by atoms with Gasteiger partial charge in [-0.15, -0.1) is 0 Å². The summed E-state index contributed by atoms with van der Waals surface area (Å²) in [4.78, 5) is 10.8. The van der Waals surface area contributed by atoms with E-state index in [0.717, 1.165) is 24.0 Å². The molecule has 1 unspecified atom stereocenters.